The number of nitrogens with two attached hydrogens (primary N) is 1. The molecule has 0 spiro atoms. The van der Waals surface area contributed by atoms with Crippen LogP contribution in [0, 0.1) is 0 Å². The molecule has 106 valence electrons. The zero-order valence-corrected chi connectivity index (χ0v) is 12.8. The van der Waals surface area contributed by atoms with Crippen molar-refractivity contribution in [3.8, 4) is 0 Å². The lowest BCUT2D eigenvalue weighted by molar-refractivity contribution is 0.165. The van der Waals surface area contributed by atoms with E-state index < -0.39 is 0 Å². The van der Waals surface area contributed by atoms with E-state index in [1.807, 2.05) is 0 Å². The lowest BCUT2D eigenvalue weighted by atomic mass is 10.0. The summed E-state index contributed by atoms with van der Waals surface area (Å²) in [6.45, 7) is 2.06. The molecule has 1 aromatic rings. The van der Waals surface area contributed by atoms with Crippen molar-refractivity contribution < 1.29 is 5.11 Å². The molecule has 2 atom stereocenters. The standard InChI is InChI=1S/C15H23BrN2O/c16-13-7-5-12(6-8-13)15(11-17)18-9-1-3-14(18)4-2-10-19/h5-8,14-15,19H,1-4,9-11,17H2. The third kappa shape index (κ3) is 3.78. The maximum Gasteiger partial charge on any atom is 0.0473 e. The zero-order chi connectivity index (χ0) is 13.7. The summed E-state index contributed by atoms with van der Waals surface area (Å²) < 4.78 is 1.10. The second-order valence-electron chi connectivity index (χ2n) is 5.20. The van der Waals surface area contributed by atoms with Gasteiger partial charge in [0.2, 0.25) is 0 Å². The predicted octanol–water partition coefficient (Wildman–Crippen LogP) is 2.69. The Bertz CT molecular complexity index is 382. The van der Waals surface area contributed by atoms with E-state index in [0.29, 0.717) is 18.6 Å². The molecule has 3 N–H and O–H groups in total. The summed E-state index contributed by atoms with van der Waals surface area (Å²) in [4.78, 5) is 2.53. The Balaban J connectivity index is 2.09. The Kier molecular flexibility index (Phi) is 5.82. The molecule has 3 nitrogen and oxygen atoms in total. The highest BCUT2D eigenvalue weighted by molar-refractivity contribution is 9.10. The van der Waals surface area contributed by atoms with Crippen molar-refractivity contribution in [3.63, 3.8) is 0 Å². The van der Waals surface area contributed by atoms with Gasteiger partial charge in [-0.1, -0.05) is 28.1 Å². The van der Waals surface area contributed by atoms with Crippen LogP contribution in [0.1, 0.15) is 37.3 Å². The second kappa shape index (κ2) is 7.39. The van der Waals surface area contributed by atoms with E-state index in [2.05, 4.69) is 45.1 Å². The minimum atomic E-state index is 0.288. The van der Waals surface area contributed by atoms with Crippen LogP contribution in [-0.4, -0.2) is 35.7 Å². The van der Waals surface area contributed by atoms with Gasteiger partial charge in [-0.3, -0.25) is 4.90 Å². The van der Waals surface area contributed by atoms with Gasteiger partial charge < -0.3 is 10.8 Å². The van der Waals surface area contributed by atoms with Crippen molar-refractivity contribution in [2.45, 2.75) is 37.8 Å². The number of aliphatic hydroxyl groups excluding tert-OH is 1. The highest BCUT2D eigenvalue weighted by atomic mass is 79.9. The molecule has 1 aliphatic rings. The quantitative estimate of drug-likeness (QED) is 0.845. The maximum atomic E-state index is 9.01. The lowest BCUT2D eigenvalue weighted by Gasteiger charge is -2.32. The summed E-state index contributed by atoms with van der Waals surface area (Å²) in [6, 6.07) is 9.35. The molecule has 2 rings (SSSR count). The first-order valence-electron chi connectivity index (χ1n) is 7.08. The molecule has 1 saturated heterocycles. The minimum Gasteiger partial charge on any atom is -0.396 e. The van der Waals surface area contributed by atoms with Crippen LogP contribution in [-0.2, 0) is 0 Å². The summed E-state index contributed by atoms with van der Waals surface area (Å²) in [5, 5.41) is 9.01. The molecule has 1 heterocycles. The zero-order valence-electron chi connectivity index (χ0n) is 11.3. The van der Waals surface area contributed by atoms with Crippen LogP contribution in [0.15, 0.2) is 28.7 Å². The molecule has 0 amide bonds. The molecular weight excluding hydrogens is 304 g/mol. The van der Waals surface area contributed by atoms with E-state index in [4.69, 9.17) is 10.8 Å². The number of hydrogen-bond acceptors (Lipinski definition) is 3. The van der Waals surface area contributed by atoms with E-state index in [-0.39, 0.29) is 6.61 Å². The molecule has 0 bridgehead atoms. The van der Waals surface area contributed by atoms with Crippen LogP contribution in [0.5, 0.6) is 0 Å². The molecule has 0 aromatic heterocycles. The second-order valence-corrected chi connectivity index (χ2v) is 6.12. The first-order chi connectivity index (χ1) is 9.26. The molecule has 2 unspecified atom stereocenters. The van der Waals surface area contributed by atoms with E-state index >= 15 is 0 Å². The van der Waals surface area contributed by atoms with Crippen molar-refractivity contribution in [2.75, 3.05) is 19.7 Å². The lowest BCUT2D eigenvalue weighted by Crippen LogP contribution is -2.37. The first kappa shape index (κ1) is 15.0. The Morgan fingerprint density at radius 3 is 2.74 bits per heavy atom. The van der Waals surface area contributed by atoms with Gasteiger partial charge in [0.25, 0.3) is 0 Å². The fourth-order valence-electron chi connectivity index (χ4n) is 3.05. The fourth-order valence-corrected chi connectivity index (χ4v) is 3.32. The Morgan fingerprint density at radius 2 is 2.11 bits per heavy atom. The topological polar surface area (TPSA) is 49.5 Å². The van der Waals surface area contributed by atoms with Gasteiger partial charge in [0.15, 0.2) is 0 Å². The van der Waals surface area contributed by atoms with Crippen LogP contribution in [0.4, 0.5) is 0 Å². The van der Waals surface area contributed by atoms with Crippen molar-refractivity contribution in [3.05, 3.63) is 34.3 Å². The number of aliphatic hydroxyl groups is 1. The number of halogens is 1. The van der Waals surface area contributed by atoms with Crippen molar-refractivity contribution >= 4 is 15.9 Å². The van der Waals surface area contributed by atoms with Gasteiger partial charge in [-0.2, -0.15) is 0 Å². The summed E-state index contributed by atoms with van der Waals surface area (Å²) in [6.07, 6.45) is 4.43. The summed E-state index contributed by atoms with van der Waals surface area (Å²) in [7, 11) is 0. The van der Waals surface area contributed by atoms with Crippen LogP contribution in [0.3, 0.4) is 0 Å². The average Bonchev–Trinajstić information content (AvgIpc) is 2.88. The molecule has 0 aliphatic carbocycles. The van der Waals surface area contributed by atoms with Gasteiger partial charge in [0.1, 0.15) is 0 Å². The van der Waals surface area contributed by atoms with Crippen LogP contribution >= 0.6 is 15.9 Å². The van der Waals surface area contributed by atoms with Gasteiger partial charge in [0.05, 0.1) is 0 Å². The first-order valence-corrected chi connectivity index (χ1v) is 7.87. The monoisotopic (exact) mass is 326 g/mol. The van der Waals surface area contributed by atoms with E-state index in [1.165, 1.54) is 18.4 Å². The maximum absolute atomic E-state index is 9.01. The predicted molar refractivity (Wildman–Crippen MR) is 82.0 cm³/mol. The third-order valence-corrected chi connectivity index (χ3v) is 4.53. The summed E-state index contributed by atoms with van der Waals surface area (Å²) in [5.74, 6) is 0. The Morgan fingerprint density at radius 1 is 1.37 bits per heavy atom. The molecule has 4 heteroatoms. The smallest absolute Gasteiger partial charge is 0.0473 e. The van der Waals surface area contributed by atoms with Crippen LogP contribution < -0.4 is 5.73 Å². The van der Waals surface area contributed by atoms with Crippen LogP contribution in [0.2, 0.25) is 0 Å². The molecule has 0 saturated carbocycles. The Hall–Kier alpha value is -0.420. The highest BCUT2D eigenvalue weighted by Gasteiger charge is 2.30. The molecular formula is C15H23BrN2O. The molecule has 19 heavy (non-hydrogen) atoms. The van der Waals surface area contributed by atoms with Crippen molar-refractivity contribution in [2.24, 2.45) is 5.73 Å². The number of benzene rings is 1. The van der Waals surface area contributed by atoms with Gasteiger partial charge >= 0.3 is 0 Å². The molecule has 1 aromatic carbocycles. The molecule has 0 radical (unpaired) electrons. The highest BCUT2D eigenvalue weighted by Crippen LogP contribution is 2.31. The van der Waals surface area contributed by atoms with E-state index in [9.17, 15) is 0 Å². The SMILES string of the molecule is NCC(c1ccc(Br)cc1)N1CCCC1CCCO. The van der Waals surface area contributed by atoms with E-state index in [0.717, 1.165) is 23.9 Å². The Labute approximate surface area is 123 Å². The summed E-state index contributed by atoms with van der Waals surface area (Å²) in [5.41, 5.74) is 7.30. The minimum absolute atomic E-state index is 0.288. The molecule has 1 aliphatic heterocycles. The third-order valence-electron chi connectivity index (χ3n) is 4.00. The van der Waals surface area contributed by atoms with Crippen molar-refractivity contribution in [1.82, 2.24) is 4.90 Å². The van der Waals surface area contributed by atoms with Crippen LogP contribution in [0.25, 0.3) is 0 Å². The fraction of sp³-hybridized carbons (Fsp3) is 0.600. The average molecular weight is 327 g/mol. The molecule has 1 fully saturated rings. The van der Waals surface area contributed by atoms with Gasteiger partial charge in [-0.15, -0.1) is 0 Å². The normalized spacial score (nSPS) is 21.7. The van der Waals surface area contributed by atoms with Crippen molar-refractivity contribution in [1.29, 1.82) is 0 Å². The number of hydrogen-bond donors (Lipinski definition) is 2. The number of nitrogens with zero attached hydrogens (tertiary/aromatic N) is 1. The largest absolute Gasteiger partial charge is 0.396 e. The van der Waals surface area contributed by atoms with Gasteiger partial charge in [-0.25, -0.2) is 0 Å². The number of rotatable bonds is 6. The summed E-state index contributed by atoms with van der Waals surface area (Å²) >= 11 is 3.47. The van der Waals surface area contributed by atoms with Gasteiger partial charge in [0, 0.05) is 29.7 Å². The number of likely N-dealkylation sites (tertiary alicyclic amines) is 1. The van der Waals surface area contributed by atoms with Gasteiger partial charge in [-0.05, 0) is 49.9 Å². The van der Waals surface area contributed by atoms with E-state index in [1.54, 1.807) is 0 Å².